The van der Waals surface area contributed by atoms with Gasteiger partial charge in [0.2, 0.25) is 5.91 Å². The summed E-state index contributed by atoms with van der Waals surface area (Å²) >= 11 is 4.88. The fourth-order valence-electron chi connectivity index (χ4n) is 1.90. The van der Waals surface area contributed by atoms with Crippen molar-refractivity contribution in [3.05, 3.63) is 29.8 Å². The van der Waals surface area contributed by atoms with E-state index in [0.717, 1.165) is 5.56 Å². The predicted octanol–water partition coefficient (Wildman–Crippen LogP) is 1.35. The number of rotatable bonds is 8. The Hall–Kier alpha value is -1.50. The minimum atomic E-state index is -0.0790. The van der Waals surface area contributed by atoms with E-state index in [-0.39, 0.29) is 18.6 Å². The molecular formula is C15H23N3O2S. The molecule has 0 radical (unpaired) electrons. The molecule has 0 heterocycles. The number of carbonyl (C=O) groups excluding carboxylic acids is 1. The van der Waals surface area contributed by atoms with Crippen molar-refractivity contribution in [2.75, 3.05) is 25.0 Å². The highest BCUT2D eigenvalue weighted by Gasteiger charge is 2.13. The molecule has 21 heavy (non-hydrogen) atoms. The van der Waals surface area contributed by atoms with Gasteiger partial charge in [0, 0.05) is 30.4 Å². The normalized spacial score (nSPS) is 10.9. The summed E-state index contributed by atoms with van der Waals surface area (Å²) in [5.74, 6) is -0.0790. The first-order valence-electron chi connectivity index (χ1n) is 6.98. The van der Waals surface area contributed by atoms with Gasteiger partial charge < -0.3 is 16.2 Å². The number of hydrogen-bond acceptors (Lipinski definition) is 4. The first kappa shape index (κ1) is 17.6. The molecule has 0 saturated heterocycles. The Kier molecular flexibility index (Phi) is 7.28. The monoisotopic (exact) mass is 309 g/mol. The van der Waals surface area contributed by atoms with Crippen LogP contribution >= 0.6 is 12.2 Å². The molecule has 1 aromatic carbocycles. The fraction of sp³-hybridized carbons (Fsp3) is 0.467. The summed E-state index contributed by atoms with van der Waals surface area (Å²) in [6, 6.07) is 7.37. The van der Waals surface area contributed by atoms with Crippen LogP contribution in [0.4, 0.5) is 5.69 Å². The van der Waals surface area contributed by atoms with Crippen LogP contribution in [0, 0.1) is 0 Å². The Morgan fingerprint density at radius 3 is 2.48 bits per heavy atom. The summed E-state index contributed by atoms with van der Waals surface area (Å²) in [6.45, 7) is 5.19. The number of nitrogens with two attached hydrogens (primary N) is 1. The van der Waals surface area contributed by atoms with E-state index >= 15 is 0 Å². The molecule has 0 aliphatic rings. The third-order valence-corrected chi connectivity index (χ3v) is 3.37. The van der Waals surface area contributed by atoms with Gasteiger partial charge in [0.1, 0.15) is 4.99 Å². The van der Waals surface area contributed by atoms with E-state index < -0.39 is 0 Å². The lowest BCUT2D eigenvalue weighted by Gasteiger charge is -2.25. The molecular weight excluding hydrogens is 286 g/mol. The van der Waals surface area contributed by atoms with Crippen molar-refractivity contribution < 1.29 is 9.90 Å². The van der Waals surface area contributed by atoms with E-state index in [4.69, 9.17) is 23.1 Å². The molecule has 1 aromatic rings. The van der Waals surface area contributed by atoms with Crippen LogP contribution < -0.4 is 11.1 Å². The van der Waals surface area contributed by atoms with Crippen LogP contribution in [0.2, 0.25) is 0 Å². The molecule has 5 nitrogen and oxygen atoms in total. The Balaban J connectivity index is 2.57. The van der Waals surface area contributed by atoms with E-state index in [9.17, 15) is 4.79 Å². The van der Waals surface area contributed by atoms with Gasteiger partial charge in [0.15, 0.2) is 0 Å². The zero-order chi connectivity index (χ0) is 15.8. The minimum absolute atomic E-state index is 0.0790. The second kappa shape index (κ2) is 8.71. The smallest absolute Gasteiger partial charge is 0.238 e. The van der Waals surface area contributed by atoms with Crippen molar-refractivity contribution in [3.63, 3.8) is 0 Å². The summed E-state index contributed by atoms with van der Waals surface area (Å²) in [4.78, 5) is 14.4. The third-order valence-electron chi connectivity index (χ3n) is 3.13. The molecule has 0 aliphatic heterocycles. The topological polar surface area (TPSA) is 78.6 Å². The molecule has 6 heteroatoms. The summed E-state index contributed by atoms with van der Waals surface area (Å²) in [5, 5.41) is 11.7. The van der Waals surface area contributed by atoms with Crippen molar-refractivity contribution in [1.82, 2.24) is 4.90 Å². The van der Waals surface area contributed by atoms with Crippen molar-refractivity contribution in [3.8, 4) is 0 Å². The van der Waals surface area contributed by atoms with Crippen LogP contribution in [0.5, 0.6) is 0 Å². The van der Waals surface area contributed by atoms with Gasteiger partial charge in [-0.25, -0.2) is 0 Å². The lowest BCUT2D eigenvalue weighted by atomic mass is 10.2. The summed E-state index contributed by atoms with van der Waals surface area (Å²) in [6.07, 6.45) is 0.661. The molecule has 0 bridgehead atoms. The van der Waals surface area contributed by atoms with Gasteiger partial charge >= 0.3 is 0 Å². The Morgan fingerprint density at radius 1 is 1.38 bits per heavy atom. The SMILES string of the molecule is CC(C)N(CCCO)CC(=O)Nc1ccc(C(N)=S)cc1. The molecule has 1 amide bonds. The summed E-state index contributed by atoms with van der Waals surface area (Å²) < 4.78 is 0. The van der Waals surface area contributed by atoms with E-state index in [1.54, 1.807) is 24.3 Å². The van der Waals surface area contributed by atoms with Gasteiger partial charge in [0.05, 0.1) is 6.54 Å². The zero-order valence-corrected chi connectivity index (χ0v) is 13.3. The summed E-state index contributed by atoms with van der Waals surface area (Å²) in [5.41, 5.74) is 7.01. The van der Waals surface area contributed by atoms with E-state index in [2.05, 4.69) is 5.32 Å². The van der Waals surface area contributed by atoms with Gasteiger partial charge in [-0.3, -0.25) is 9.69 Å². The predicted molar refractivity (Wildman–Crippen MR) is 89.4 cm³/mol. The van der Waals surface area contributed by atoms with Gasteiger partial charge in [-0.1, -0.05) is 12.2 Å². The minimum Gasteiger partial charge on any atom is -0.396 e. The quantitative estimate of drug-likeness (QED) is 0.632. The Bertz CT molecular complexity index is 474. The summed E-state index contributed by atoms with van der Waals surface area (Å²) in [7, 11) is 0. The molecule has 0 fully saturated rings. The van der Waals surface area contributed by atoms with Crippen molar-refractivity contribution in [1.29, 1.82) is 0 Å². The molecule has 0 spiro atoms. The number of hydrogen-bond donors (Lipinski definition) is 3. The molecule has 1 rings (SSSR count). The number of amides is 1. The molecule has 0 unspecified atom stereocenters. The molecule has 4 N–H and O–H groups in total. The van der Waals surface area contributed by atoms with Crippen LogP contribution in [-0.2, 0) is 4.79 Å². The lowest BCUT2D eigenvalue weighted by molar-refractivity contribution is -0.117. The molecule has 0 atom stereocenters. The number of thiocarbonyl (C=S) groups is 1. The first-order chi connectivity index (χ1) is 9.93. The Morgan fingerprint density at radius 2 is 2.00 bits per heavy atom. The fourth-order valence-corrected chi connectivity index (χ4v) is 2.03. The second-order valence-corrected chi connectivity index (χ2v) is 5.57. The van der Waals surface area contributed by atoms with Gasteiger partial charge in [-0.05, 0) is 44.5 Å². The third kappa shape index (κ3) is 6.20. The lowest BCUT2D eigenvalue weighted by Crippen LogP contribution is -2.39. The second-order valence-electron chi connectivity index (χ2n) is 5.13. The van der Waals surface area contributed by atoms with Crippen molar-refractivity contribution in [2.45, 2.75) is 26.3 Å². The van der Waals surface area contributed by atoms with Gasteiger partial charge in [0.25, 0.3) is 0 Å². The van der Waals surface area contributed by atoms with E-state index in [1.165, 1.54) is 0 Å². The largest absolute Gasteiger partial charge is 0.396 e. The van der Waals surface area contributed by atoms with E-state index in [0.29, 0.717) is 30.2 Å². The number of carbonyl (C=O) groups is 1. The van der Waals surface area contributed by atoms with Crippen LogP contribution in [0.15, 0.2) is 24.3 Å². The highest BCUT2D eigenvalue weighted by atomic mass is 32.1. The number of anilines is 1. The highest BCUT2D eigenvalue weighted by Crippen LogP contribution is 2.10. The van der Waals surface area contributed by atoms with E-state index in [1.807, 2.05) is 18.7 Å². The maximum Gasteiger partial charge on any atom is 0.238 e. The Labute approximate surface area is 131 Å². The number of nitrogens with zero attached hydrogens (tertiary/aromatic N) is 1. The zero-order valence-electron chi connectivity index (χ0n) is 12.5. The van der Waals surface area contributed by atoms with Crippen molar-refractivity contribution >= 4 is 28.8 Å². The van der Waals surface area contributed by atoms with Crippen LogP contribution in [0.1, 0.15) is 25.8 Å². The average molecular weight is 309 g/mol. The standard InChI is InChI=1S/C15H23N3O2S/c1-11(2)18(8-3-9-19)10-14(20)17-13-6-4-12(5-7-13)15(16)21/h4-7,11,19H,3,8-10H2,1-2H3,(H2,16,21)(H,17,20). The average Bonchev–Trinajstić information content (AvgIpc) is 2.43. The molecule has 116 valence electrons. The van der Waals surface area contributed by atoms with Gasteiger partial charge in [-0.2, -0.15) is 0 Å². The van der Waals surface area contributed by atoms with Crippen LogP contribution in [0.3, 0.4) is 0 Å². The number of nitrogens with one attached hydrogen (secondary N) is 1. The van der Waals surface area contributed by atoms with Crippen LogP contribution in [-0.4, -0.2) is 46.6 Å². The van der Waals surface area contributed by atoms with Crippen LogP contribution in [0.25, 0.3) is 0 Å². The molecule has 0 aliphatic carbocycles. The number of benzene rings is 1. The van der Waals surface area contributed by atoms with Gasteiger partial charge in [-0.15, -0.1) is 0 Å². The van der Waals surface area contributed by atoms with Crippen molar-refractivity contribution in [2.24, 2.45) is 5.73 Å². The first-order valence-corrected chi connectivity index (χ1v) is 7.39. The maximum absolute atomic E-state index is 12.0. The number of aliphatic hydroxyl groups is 1. The highest BCUT2D eigenvalue weighted by molar-refractivity contribution is 7.80. The molecule has 0 aromatic heterocycles. The number of aliphatic hydroxyl groups excluding tert-OH is 1. The molecule has 0 saturated carbocycles. The maximum atomic E-state index is 12.0.